The Morgan fingerprint density at radius 3 is 2.14 bits per heavy atom. The second kappa shape index (κ2) is 15.3. The standard InChI is InChI=1S/C8H16N2O2.C8H16O/c1-6(11)8(12)7(10)4-2-3-5-9;1-3-4-5-6-7-8(2)9/h7H,2-5,9-10H2,1H3;3-7H2,1-2H3/t7-;/m0./s1/i/hD. The highest BCUT2D eigenvalue weighted by Gasteiger charge is 2.16. The Bertz CT molecular complexity index is 323. The molecule has 0 heterocycles. The predicted molar refractivity (Wildman–Crippen MR) is 86.0 cm³/mol. The Hall–Kier alpha value is -1.07. The molecule has 0 unspecified atom stereocenters. The minimum atomic E-state index is -0.663. The second-order valence-corrected chi connectivity index (χ2v) is 5.27. The lowest BCUT2D eigenvalue weighted by atomic mass is 10.0. The van der Waals surface area contributed by atoms with Gasteiger partial charge in [-0.1, -0.05) is 32.6 Å². The highest BCUT2D eigenvalue weighted by molar-refractivity contribution is 6.38. The molecule has 0 saturated carbocycles. The lowest BCUT2D eigenvalue weighted by Crippen LogP contribution is -2.34. The van der Waals surface area contributed by atoms with Crippen molar-refractivity contribution in [3.05, 3.63) is 0 Å². The molecule has 5 nitrogen and oxygen atoms in total. The van der Waals surface area contributed by atoms with Gasteiger partial charge in [-0.05, 0) is 32.7 Å². The molecule has 0 fully saturated rings. The summed E-state index contributed by atoms with van der Waals surface area (Å²) in [4.78, 5) is 32.2. The maximum absolute atomic E-state index is 11.1. The molecular weight excluding hydrogens is 268 g/mol. The Labute approximate surface area is 130 Å². The number of carbonyl (C=O) groups excluding carboxylic acids is 3. The molecule has 0 aliphatic heterocycles. The van der Waals surface area contributed by atoms with Gasteiger partial charge in [0.15, 0.2) is 5.78 Å². The zero-order chi connectivity index (χ0) is 17.4. The van der Waals surface area contributed by atoms with Crippen LogP contribution < -0.4 is 11.5 Å². The van der Waals surface area contributed by atoms with Gasteiger partial charge >= 0.3 is 0 Å². The van der Waals surface area contributed by atoms with Crippen LogP contribution >= 0.6 is 0 Å². The Morgan fingerprint density at radius 2 is 1.71 bits per heavy atom. The van der Waals surface area contributed by atoms with E-state index in [1.807, 2.05) is 0 Å². The van der Waals surface area contributed by atoms with E-state index in [0.717, 1.165) is 25.7 Å². The van der Waals surface area contributed by atoms with E-state index in [0.29, 0.717) is 18.7 Å². The van der Waals surface area contributed by atoms with Gasteiger partial charge in [-0.3, -0.25) is 9.59 Å². The summed E-state index contributed by atoms with van der Waals surface area (Å²) in [6.45, 7) is 5.62. The first-order valence-electron chi connectivity index (χ1n) is 8.32. The van der Waals surface area contributed by atoms with Crippen molar-refractivity contribution in [3.8, 4) is 0 Å². The van der Waals surface area contributed by atoms with Crippen LogP contribution in [0, 0.1) is 0 Å². The third kappa shape index (κ3) is 16.9. The van der Waals surface area contributed by atoms with Crippen molar-refractivity contribution in [2.75, 3.05) is 6.54 Å². The quantitative estimate of drug-likeness (QED) is 0.424. The lowest BCUT2D eigenvalue weighted by molar-refractivity contribution is -0.136. The highest BCUT2D eigenvalue weighted by Crippen LogP contribution is 2.02. The molecule has 0 aromatic rings. The zero-order valence-corrected chi connectivity index (χ0v) is 13.7. The molecule has 0 aromatic carbocycles. The van der Waals surface area contributed by atoms with Gasteiger partial charge in [0, 0.05) is 13.3 Å². The molecule has 0 spiro atoms. The molecule has 0 radical (unpaired) electrons. The molecule has 0 aliphatic rings. The molecule has 0 aliphatic carbocycles. The summed E-state index contributed by atoms with van der Waals surface area (Å²) in [7, 11) is 0. The summed E-state index contributed by atoms with van der Waals surface area (Å²) in [5.41, 5.74) is 7.35. The van der Waals surface area contributed by atoms with Crippen LogP contribution in [0.2, 0.25) is 1.41 Å². The van der Waals surface area contributed by atoms with Gasteiger partial charge in [0.25, 0.3) is 0 Å². The maximum atomic E-state index is 11.1. The van der Waals surface area contributed by atoms with Gasteiger partial charge in [-0.15, -0.1) is 0 Å². The number of nitrogens with two attached hydrogens (primary N) is 2. The minimum absolute atomic E-state index is 0.325. The Morgan fingerprint density at radius 1 is 1.05 bits per heavy atom. The van der Waals surface area contributed by atoms with E-state index in [4.69, 9.17) is 7.15 Å². The van der Waals surface area contributed by atoms with Crippen LogP contribution in [0.15, 0.2) is 0 Å². The van der Waals surface area contributed by atoms with Crippen molar-refractivity contribution < 1.29 is 15.8 Å². The summed E-state index contributed by atoms with van der Waals surface area (Å²) in [6, 6.07) is -0.663. The molecule has 21 heavy (non-hydrogen) atoms. The smallest absolute Gasteiger partial charge is 0.214 e. The van der Waals surface area contributed by atoms with Gasteiger partial charge < -0.3 is 16.3 Å². The van der Waals surface area contributed by atoms with E-state index in [-0.39, 0.29) is 0 Å². The molecule has 0 rings (SSSR count). The van der Waals surface area contributed by atoms with Gasteiger partial charge in [0.1, 0.15) is 7.20 Å². The molecule has 0 bridgehead atoms. The summed E-state index contributed by atoms with van der Waals surface area (Å²) in [5.74, 6) is -0.698. The van der Waals surface area contributed by atoms with Gasteiger partial charge in [0.05, 0.1) is 6.04 Å². The van der Waals surface area contributed by atoms with E-state index in [1.165, 1.54) is 26.2 Å². The van der Waals surface area contributed by atoms with Crippen LogP contribution in [-0.2, 0) is 14.4 Å². The Kier molecular flexibility index (Phi) is 14.5. The summed E-state index contributed by atoms with van der Waals surface area (Å²) >= 11 is 0. The van der Waals surface area contributed by atoms with Gasteiger partial charge in [0.2, 0.25) is 5.78 Å². The third-order valence-corrected chi connectivity index (χ3v) is 2.99. The lowest BCUT2D eigenvalue weighted by Gasteiger charge is -2.06. The monoisotopic (exact) mass is 301 g/mol. The minimum Gasteiger partial charge on any atom is -0.330 e. The first kappa shape index (κ1) is 19.9. The topological polar surface area (TPSA) is 103 Å². The zero-order valence-electron chi connectivity index (χ0n) is 14.7. The van der Waals surface area contributed by atoms with E-state index in [1.54, 1.807) is 6.92 Å². The van der Waals surface area contributed by atoms with Crippen LogP contribution in [0.1, 0.15) is 72.1 Å². The highest BCUT2D eigenvalue weighted by atomic mass is 16.2. The van der Waals surface area contributed by atoms with E-state index >= 15 is 0 Å². The largest absolute Gasteiger partial charge is 0.330 e. The molecule has 0 aromatic heterocycles. The van der Waals surface area contributed by atoms with Crippen molar-refractivity contribution in [2.45, 2.75) is 78.2 Å². The van der Waals surface area contributed by atoms with E-state index in [9.17, 15) is 14.4 Å². The first-order chi connectivity index (χ1) is 10.4. The van der Waals surface area contributed by atoms with Crippen molar-refractivity contribution in [1.29, 1.82) is 0 Å². The van der Waals surface area contributed by atoms with Crippen LogP contribution in [0.5, 0.6) is 0 Å². The van der Waals surface area contributed by atoms with Crippen molar-refractivity contribution >= 4 is 17.3 Å². The normalized spacial score (nSPS) is 11.9. The number of unbranched alkanes of at least 4 members (excludes halogenated alkanes) is 4. The fourth-order valence-electron chi connectivity index (χ4n) is 1.67. The molecule has 5 heteroatoms. The van der Waals surface area contributed by atoms with Crippen molar-refractivity contribution in [1.82, 2.24) is 0 Å². The number of rotatable bonds is 12. The number of carbonyl (C=O) groups is 3. The number of Topliss-reactive ketones (excluding diaryl/α,β-unsaturated/α-hetero) is 3. The van der Waals surface area contributed by atoms with Crippen LogP contribution in [0.3, 0.4) is 0 Å². The van der Waals surface area contributed by atoms with Gasteiger partial charge in [-0.2, -0.15) is 0 Å². The average molecular weight is 301 g/mol. The number of hydrogen-bond donors (Lipinski definition) is 2. The summed E-state index contributed by atoms with van der Waals surface area (Å²) in [5, 5.41) is 0. The average Bonchev–Trinajstić information content (AvgIpc) is 2.48. The molecular formula is C16H32N2O3. The third-order valence-electron chi connectivity index (χ3n) is 2.99. The van der Waals surface area contributed by atoms with Crippen molar-refractivity contribution in [2.24, 2.45) is 11.5 Å². The summed E-state index contributed by atoms with van der Waals surface area (Å²) in [6.07, 6.45) is 7.67. The van der Waals surface area contributed by atoms with Gasteiger partial charge in [-0.25, -0.2) is 0 Å². The SMILES string of the molecule is CCCCCCC(C)=O.[2H]N[C@@H](CCCCN)C(=O)C(C)=O. The Balaban J connectivity index is 0. The fraction of sp³-hybridized carbons (Fsp3) is 0.812. The van der Waals surface area contributed by atoms with Crippen LogP contribution in [-0.4, -0.2) is 29.9 Å². The fourth-order valence-corrected chi connectivity index (χ4v) is 1.67. The summed E-state index contributed by atoms with van der Waals surface area (Å²) < 4.78 is 6.86. The molecule has 0 amide bonds. The maximum Gasteiger partial charge on any atom is 0.214 e. The predicted octanol–water partition coefficient (Wildman–Crippen LogP) is 2.15. The molecule has 1 atom stereocenters. The van der Waals surface area contributed by atoms with E-state index in [2.05, 4.69) is 12.7 Å². The van der Waals surface area contributed by atoms with Crippen LogP contribution in [0.25, 0.3) is 0 Å². The second-order valence-electron chi connectivity index (χ2n) is 5.27. The van der Waals surface area contributed by atoms with Crippen molar-refractivity contribution in [3.63, 3.8) is 0 Å². The molecule has 124 valence electrons. The first-order valence-corrected chi connectivity index (χ1v) is 7.82. The number of ketones is 3. The number of hydrogen-bond acceptors (Lipinski definition) is 5. The van der Waals surface area contributed by atoms with E-state index < -0.39 is 17.6 Å². The van der Waals surface area contributed by atoms with Crippen LogP contribution in [0.4, 0.5) is 0 Å². The molecule has 4 N–H and O–H groups in total. The molecule has 0 saturated heterocycles.